The lowest BCUT2D eigenvalue weighted by atomic mass is 10.2. The predicted octanol–water partition coefficient (Wildman–Crippen LogP) is 3.06. The van der Waals surface area contributed by atoms with Gasteiger partial charge in [0.1, 0.15) is 19.2 Å². The fourth-order valence-corrected chi connectivity index (χ4v) is 2.95. The van der Waals surface area contributed by atoms with Crippen LogP contribution in [0.3, 0.4) is 0 Å². The first-order chi connectivity index (χ1) is 13.7. The van der Waals surface area contributed by atoms with Crippen LogP contribution < -0.4 is 4.90 Å². The number of benzene rings is 1. The molecule has 0 saturated carbocycles. The zero-order valence-electron chi connectivity index (χ0n) is 16.4. The molecular weight excluding hydrogens is 358 g/mol. The normalized spacial score (nSPS) is 12.1. The Bertz CT molecular complexity index is 909. The third-order valence-corrected chi connectivity index (χ3v) is 4.48. The minimum absolute atomic E-state index is 0.171. The third-order valence-electron chi connectivity index (χ3n) is 4.48. The van der Waals surface area contributed by atoms with E-state index in [0.29, 0.717) is 11.2 Å². The maximum Gasteiger partial charge on any atom is 0.338 e. The van der Waals surface area contributed by atoms with Crippen molar-refractivity contribution < 1.29 is 14.3 Å². The van der Waals surface area contributed by atoms with Gasteiger partial charge in [-0.1, -0.05) is 18.2 Å². The van der Waals surface area contributed by atoms with Gasteiger partial charge in [0, 0.05) is 13.1 Å². The Kier molecular flexibility index (Phi) is 6.54. The first-order valence-corrected chi connectivity index (χ1v) is 9.42. The van der Waals surface area contributed by atoms with Crippen molar-refractivity contribution in [2.45, 2.75) is 27.0 Å². The smallest absolute Gasteiger partial charge is 0.338 e. The van der Waals surface area contributed by atoms with Gasteiger partial charge in [0.25, 0.3) is 0 Å². The lowest BCUT2D eigenvalue weighted by molar-refractivity contribution is -0.0127. The van der Waals surface area contributed by atoms with Gasteiger partial charge in [0.05, 0.1) is 18.5 Å². The Labute approximate surface area is 164 Å². The largest absolute Gasteiger partial charge is 0.460 e. The molecule has 148 valence electrons. The summed E-state index contributed by atoms with van der Waals surface area (Å²) in [5.41, 5.74) is 1.99. The number of imidazole rings is 1. The van der Waals surface area contributed by atoms with E-state index in [1.165, 1.54) is 0 Å². The minimum Gasteiger partial charge on any atom is -0.460 e. The van der Waals surface area contributed by atoms with E-state index in [4.69, 9.17) is 9.47 Å². The SMILES string of the molecule is CCN(CC)c1ncnc2c1ncn2C(C)OCCOC(=O)c1ccccc1. The summed E-state index contributed by atoms with van der Waals surface area (Å²) in [6.45, 7) is 8.19. The topological polar surface area (TPSA) is 82.4 Å². The summed E-state index contributed by atoms with van der Waals surface area (Å²) in [5, 5.41) is 0. The van der Waals surface area contributed by atoms with Gasteiger partial charge in [-0.15, -0.1) is 0 Å². The number of fused-ring (bicyclic) bond motifs is 1. The van der Waals surface area contributed by atoms with Crippen LogP contribution in [0.5, 0.6) is 0 Å². The number of carbonyl (C=O) groups is 1. The van der Waals surface area contributed by atoms with Crippen LogP contribution in [0.4, 0.5) is 5.82 Å². The molecule has 0 saturated heterocycles. The molecule has 8 heteroatoms. The molecule has 8 nitrogen and oxygen atoms in total. The van der Waals surface area contributed by atoms with E-state index in [0.717, 1.165) is 24.4 Å². The maximum absolute atomic E-state index is 11.9. The van der Waals surface area contributed by atoms with Crippen LogP contribution in [0.25, 0.3) is 11.2 Å². The van der Waals surface area contributed by atoms with Gasteiger partial charge in [-0.25, -0.2) is 19.7 Å². The van der Waals surface area contributed by atoms with Crippen LogP contribution in [0.15, 0.2) is 43.0 Å². The van der Waals surface area contributed by atoms with Crippen molar-refractivity contribution in [3.05, 3.63) is 48.5 Å². The summed E-state index contributed by atoms with van der Waals surface area (Å²) >= 11 is 0. The Morgan fingerprint density at radius 2 is 1.86 bits per heavy atom. The molecule has 0 aliphatic heterocycles. The highest BCUT2D eigenvalue weighted by molar-refractivity contribution is 5.89. The number of hydrogen-bond donors (Lipinski definition) is 0. The van der Waals surface area contributed by atoms with Crippen molar-refractivity contribution in [1.82, 2.24) is 19.5 Å². The monoisotopic (exact) mass is 383 g/mol. The second kappa shape index (κ2) is 9.27. The molecule has 0 spiro atoms. The quantitative estimate of drug-likeness (QED) is 0.415. The maximum atomic E-state index is 11.9. The minimum atomic E-state index is -0.360. The average Bonchev–Trinajstić information content (AvgIpc) is 3.17. The van der Waals surface area contributed by atoms with E-state index in [1.807, 2.05) is 17.6 Å². The summed E-state index contributed by atoms with van der Waals surface area (Å²) in [5.74, 6) is 0.458. The molecule has 2 heterocycles. The Hall–Kier alpha value is -3.00. The number of carbonyl (C=O) groups excluding carboxylic acids is 1. The van der Waals surface area contributed by atoms with Gasteiger partial charge in [0.2, 0.25) is 0 Å². The number of aromatic nitrogens is 4. The van der Waals surface area contributed by atoms with Crippen molar-refractivity contribution in [1.29, 1.82) is 0 Å². The number of ether oxygens (including phenoxy) is 2. The Balaban J connectivity index is 1.60. The summed E-state index contributed by atoms with van der Waals surface area (Å²) in [7, 11) is 0. The average molecular weight is 383 g/mol. The molecular formula is C20H25N5O3. The summed E-state index contributed by atoms with van der Waals surface area (Å²) in [6.07, 6.45) is 2.94. The highest BCUT2D eigenvalue weighted by atomic mass is 16.6. The second-order valence-electron chi connectivity index (χ2n) is 6.17. The molecule has 0 radical (unpaired) electrons. The molecule has 1 unspecified atom stereocenters. The van der Waals surface area contributed by atoms with Gasteiger partial charge in [-0.05, 0) is 32.9 Å². The molecule has 2 aromatic heterocycles. The molecule has 0 N–H and O–H groups in total. The van der Waals surface area contributed by atoms with Crippen LogP contribution in [0.2, 0.25) is 0 Å². The van der Waals surface area contributed by atoms with Crippen LogP contribution in [-0.4, -0.2) is 51.8 Å². The number of hydrogen-bond acceptors (Lipinski definition) is 7. The molecule has 0 aliphatic rings. The molecule has 0 bridgehead atoms. The van der Waals surface area contributed by atoms with Crippen LogP contribution in [0.1, 0.15) is 37.4 Å². The van der Waals surface area contributed by atoms with Crippen molar-refractivity contribution in [2.24, 2.45) is 0 Å². The first-order valence-electron chi connectivity index (χ1n) is 9.42. The van der Waals surface area contributed by atoms with E-state index in [1.54, 1.807) is 36.9 Å². The second-order valence-corrected chi connectivity index (χ2v) is 6.17. The third kappa shape index (κ3) is 4.28. The van der Waals surface area contributed by atoms with Gasteiger partial charge in [0.15, 0.2) is 17.0 Å². The lowest BCUT2D eigenvalue weighted by Crippen LogP contribution is -2.23. The van der Waals surface area contributed by atoms with Crippen molar-refractivity contribution in [2.75, 3.05) is 31.2 Å². The first kappa shape index (κ1) is 19.8. The number of anilines is 1. The van der Waals surface area contributed by atoms with Gasteiger partial charge in [-0.2, -0.15) is 0 Å². The molecule has 0 amide bonds. The molecule has 0 fully saturated rings. The molecule has 3 aromatic rings. The fourth-order valence-electron chi connectivity index (χ4n) is 2.95. The van der Waals surface area contributed by atoms with Gasteiger partial charge < -0.3 is 14.4 Å². The highest BCUT2D eigenvalue weighted by Gasteiger charge is 2.17. The van der Waals surface area contributed by atoms with Crippen LogP contribution >= 0.6 is 0 Å². The van der Waals surface area contributed by atoms with E-state index < -0.39 is 0 Å². The van der Waals surface area contributed by atoms with E-state index in [-0.39, 0.29) is 25.4 Å². The molecule has 1 atom stereocenters. The molecule has 0 aliphatic carbocycles. The highest BCUT2D eigenvalue weighted by Crippen LogP contribution is 2.23. The summed E-state index contributed by atoms with van der Waals surface area (Å²) in [4.78, 5) is 27.3. The van der Waals surface area contributed by atoms with Crippen molar-refractivity contribution in [3.8, 4) is 0 Å². The number of esters is 1. The van der Waals surface area contributed by atoms with Crippen LogP contribution in [0, 0.1) is 0 Å². The zero-order valence-corrected chi connectivity index (χ0v) is 16.4. The van der Waals surface area contributed by atoms with Crippen molar-refractivity contribution in [3.63, 3.8) is 0 Å². The number of rotatable bonds is 9. The molecule has 3 rings (SSSR count). The molecule has 28 heavy (non-hydrogen) atoms. The predicted molar refractivity (Wildman–Crippen MR) is 106 cm³/mol. The number of nitrogens with zero attached hydrogens (tertiary/aromatic N) is 5. The zero-order chi connectivity index (χ0) is 19.9. The molecule has 1 aromatic carbocycles. The standard InChI is InChI=1S/C20H25N5O3/c1-4-24(5-2)18-17-19(22-13-21-18)25(14-23-17)15(3)27-11-12-28-20(26)16-9-7-6-8-10-16/h6-10,13-15H,4-5,11-12H2,1-3H3. The van der Waals surface area contributed by atoms with Gasteiger partial charge in [-0.3, -0.25) is 4.57 Å². The van der Waals surface area contributed by atoms with E-state index >= 15 is 0 Å². The van der Waals surface area contributed by atoms with E-state index in [9.17, 15) is 4.79 Å². The van der Waals surface area contributed by atoms with Crippen molar-refractivity contribution >= 4 is 23.0 Å². The Morgan fingerprint density at radius 1 is 1.11 bits per heavy atom. The summed E-state index contributed by atoms with van der Waals surface area (Å²) < 4.78 is 12.9. The van der Waals surface area contributed by atoms with Gasteiger partial charge >= 0.3 is 5.97 Å². The lowest BCUT2D eigenvalue weighted by Gasteiger charge is -2.20. The summed E-state index contributed by atoms with van der Waals surface area (Å²) in [6, 6.07) is 8.89. The van der Waals surface area contributed by atoms with E-state index in [2.05, 4.69) is 33.7 Å². The van der Waals surface area contributed by atoms with Crippen LogP contribution in [-0.2, 0) is 9.47 Å². The fraction of sp³-hybridized carbons (Fsp3) is 0.400. The Morgan fingerprint density at radius 3 is 2.57 bits per heavy atom.